The average molecular weight is 293 g/mol. The van der Waals surface area contributed by atoms with Crippen LogP contribution in [0.4, 0.5) is 0 Å². The van der Waals surface area contributed by atoms with Gasteiger partial charge in [-0.3, -0.25) is 0 Å². The Balaban J connectivity index is 5.40. The van der Waals surface area contributed by atoms with Crippen molar-refractivity contribution in [2.24, 2.45) is 0 Å². The van der Waals surface area contributed by atoms with Crippen LogP contribution in [0.3, 0.4) is 0 Å². The third-order valence-electron chi connectivity index (χ3n) is 4.41. The maximum Gasteiger partial charge on any atom is 0.0668 e. The van der Waals surface area contributed by atoms with Gasteiger partial charge in [0.15, 0.2) is 0 Å². The van der Waals surface area contributed by atoms with Crippen LogP contribution in [0.15, 0.2) is 0 Å². The SMILES string of the molecule is CC[Si](C)(C)P([Si](C)(C)CC)[Si](C)(C)CC. The predicted molar refractivity (Wildman–Crippen MR) is 90.8 cm³/mol. The molecule has 0 aromatic heterocycles. The van der Waals surface area contributed by atoms with E-state index in [2.05, 4.69) is 60.1 Å². The zero-order valence-electron chi connectivity index (χ0n) is 13.1. The molecule has 0 N–H and O–H groups in total. The lowest BCUT2D eigenvalue weighted by Crippen LogP contribution is -2.46. The van der Waals surface area contributed by atoms with Crippen LogP contribution >= 0.6 is 6.57 Å². The molecule has 0 bridgehead atoms. The summed E-state index contributed by atoms with van der Waals surface area (Å²) in [6.07, 6.45) is 0. The first kappa shape index (κ1) is 17.1. The second-order valence-corrected chi connectivity index (χ2v) is 39.4. The molecule has 0 unspecified atom stereocenters. The van der Waals surface area contributed by atoms with Crippen molar-refractivity contribution >= 4 is 29.8 Å². The molecule has 0 aliphatic carbocycles. The van der Waals surface area contributed by atoms with E-state index in [0.29, 0.717) is 6.57 Å². The van der Waals surface area contributed by atoms with Crippen LogP contribution in [-0.2, 0) is 0 Å². The van der Waals surface area contributed by atoms with E-state index in [-0.39, 0.29) is 0 Å². The Morgan fingerprint density at radius 2 is 0.750 bits per heavy atom. The Labute approximate surface area is 108 Å². The second-order valence-electron chi connectivity index (χ2n) is 6.83. The lowest BCUT2D eigenvalue weighted by Gasteiger charge is -2.51. The molecule has 0 spiro atoms. The Bertz CT molecular complexity index is 186. The van der Waals surface area contributed by atoms with Crippen molar-refractivity contribution in [3.05, 3.63) is 0 Å². The number of hydrogen-bond donors (Lipinski definition) is 0. The lowest BCUT2D eigenvalue weighted by atomic mass is 11.0. The Morgan fingerprint density at radius 1 is 0.562 bits per heavy atom. The van der Waals surface area contributed by atoms with Gasteiger partial charge in [0.2, 0.25) is 0 Å². The number of rotatable bonds is 6. The fraction of sp³-hybridized carbons (Fsp3) is 1.00. The maximum absolute atomic E-state index is 2.69. The van der Waals surface area contributed by atoms with Gasteiger partial charge in [-0.25, -0.2) is 0 Å². The minimum absolute atomic E-state index is 0.426. The molecule has 0 fully saturated rings. The van der Waals surface area contributed by atoms with Crippen molar-refractivity contribution in [1.29, 1.82) is 0 Å². The van der Waals surface area contributed by atoms with E-state index in [0.717, 1.165) is 0 Å². The molecule has 0 aliphatic heterocycles. The van der Waals surface area contributed by atoms with Crippen LogP contribution < -0.4 is 0 Å². The average Bonchev–Trinajstić information content (AvgIpc) is 2.16. The molecule has 0 radical (unpaired) electrons. The van der Waals surface area contributed by atoms with Crippen LogP contribution in [0.5, 0.6) is 0 Å². The third-order valence-corrected chi connectivity index (χ3v) is 59.7. The van der Waals surface area contributed by atoms with Crippen molar-refractivity contribution in [2.45, 2.75) is 78.2 Å². The normalized spacial score (nSPS) is 14.6. The molecule has 0 saturated carbocycles. The molecular formula is C12H33PSi3. The molecule has 98 valence electrons. The maximum atomic E-state index is 2.69. The van der Waals surface area contributed by atoms with Crippen molar-refractivity contribution in [1.82, 2.24) is 0 Å². The molecule has 0 atom stereocenters. The van der Waals surface area contributed by atoms with Crippen molar-refractivity contribution in [3.8, 4) is 0 Å². The summed E-state index contributed by atoms with van der Waals surface area (Å²) in [4.78, 5) is 0. The summed E-state index contributed by atoms with van der Waals surface area (Å²) < 4.78 is 0. The first-order chi connectivity index (χ1) is 7.05. The molecule has 0 aromatic rings. The highest BCUT2D eigenvalue weighted by Crippen LogP contribution is 2.64. The summed E-state index contributed by atoms with van der Waals surface area (Å²) in [6.45, 7) is 23.9. The quantitative estimate of drug-likeness (QED) is 0.407. The van der Waals surface area contributed by atoms with E-state index < -0.39 is 23.2 Å². The van der Waals surface area contributed by atoms with Crippen LogP contribution in [0.1, 0.15) is 20.8 Å². The minimum atomic E-state index is -0.931. The van der Waals surface area contributed by atoms with Crippen LogP contribution in [0.2, 0.25) is 57.4 Å². The van der Waals surface area contributed by atoms with Gasteiger partial charge in [-0.1, -0.05) is 78.2 Å². The lowest BCUT2D eigenvalue weighted by molar-refractivity contribution is 1.38. The smallest absolute Gasteiger partial charge is 0.0668 e. The van der Waals surface area contributed by atoms with Crippen molar-refractivity contribution in [2.75, 3.05) is 0 Å². The monoisotopic (exact) mass is 292 g/mol. The van der Waals surface area contributed by atoms with Gasteiger partial charge in [0, 0.05) is 0 Å². The third kappa shape index (κ3) is 3.79. The first-order valence-corrected chi connectivity index (χ1v) is 20.3. The summed E-state index contributed by atoms with van der Waals surface area (Å²) >= 11 is 0. The van der Waals surface area contributed by atoms with E-state index in [1.54, 1.807) is 0 Å². The summed E-state index contributed by atoms with van der Waals surface area (Å²) in [5.74, 6) is 0. The Morgan fingerprint density at radius 3 is 0.875 bits per heavy atom. The molecule has 4 heteroatoms. The van der Waals surface area contributed by atoms with E-state index >= 15 is 0 Å². The first-order valence-electron chi connectivity index (χ1n) is 6.85. The fourth-order valence-corrected chi connectivity index (χ4v) is 79.2. The van der Waals surface area contributed by atoms with E-state index in [9.17, 15) is 0 Å². The Hall–Kier alpha value is 1.08. The summed E-state index contributed by atoms with van der Waals surface area (Å²) in [7, 11) is -2.79. The summed E-state index contributed by atoms with van der Waals surface area (Å²) in [6, 6.07) is 4.52. The highest BCUT2D eigenvalue weighted by atomic mass is 31.8. The Kier molecular flexibility index (Phi) is 6.21. The second kappa shape index (κ2) is 5.81. The molecule has 0 saturated heterocycles. The van der Waals surface area contributed by atoms with Crippen LogP contribution in [0.25, 0.3) is 0 Å². The van der Waals surface area contributed by atoms with Crippen LogP contribution in [0, 0.1) is 0 Å². The van der Waals surface area contributed by atoms with Gasteiger partial charge in [0.25, 0.3) is 0 Å². The molecule has 0 rings (SSSR count). The zero-order valence-corrected chi connectivity index (χ0v) is 17.0. The van der Waals surface area contributed by atoms with Crippen molar-refractivity contribution < 1.29 is 0 Å². The van der Waals surface area contributed by atoms with Gasteiger partial charge in [0.1, 0.15) is 0 Å². The molecule has 0 aliphatic rings. The zero-order chi connectivity index (χ0) is 13.2. The van der Waals surface area contributed by atoms with Crippen LogP contribution in [-0.4, -0.2) is 23.2 Å². The van der Waals surface area contributed by atoms with Gasteiger partial charge >= 0.3 is 0 Å². The van der Waals surface area contributed by atoms with E-state index in [4.69, 9.17) is 0 Å². The fourth-order valence-electron chi connectivity index (χ4n) is 2.93. The highest BCUT2D eigenvalue weighted by Gasteiger charge is 2.48. The largest absolute Gasteiger partial charge is 0.139 e. The molecule has 0 amide bonds. The number of hydrogen-bond acceptors (Lipinski definition) is 0. The topological polar surface area (TPSA) is 0 Å². The summed E-state index contributed by atoms with van der Waals surface area (Å²) in [5, 5.41) is 0. The van der Waals surface area contributed by atoms with Gasteiger partial charge in [0.05, 0.1) is 23.2 Å². The van der Waals surface area contributed by atoms with Gasteiger partial charge in [-0.2, -0.15) is 0 Å². The molecule has 0 heterocycles. The van der Waals surface area contributed by atoms with E-state index in [1.807, 2.05) is 0 Å². The highest BCUT2D eigenvalue weighted by molar-refractivity contribution is 8.37. The minimum Gasteiger partial charge on any atom is -0.139 e. The van der Waals surface area contributed by atoms with Gasteiger partial charge in [-0.15, -0.1) is 6.57 Å². The standard InChI is InChI=1S/C12H33PSi3/c1-10-14(4,5)13(15(6,7)11-2)16(8,9)12-3/h10-12H2,1-9H3. The molecular weight excluding hydrogens is 259 g/mol. The molecule has 0 aromatic carbocycles. The van der Waals surface area contributed by atoms with Gasteiger partial charge < -0.3 is 0 Å². The van der Waals surface area contributed by atoms with Gasteiger partial charge in [-0.05, 0) is 0 Å². The molecule has 16 heavy (non-hydrogen) atoms. The van der Waals surface area contributed by atoms with Crippen molar-refractivity contribution in [3.63, 3.8) is 0 Å². The van der Waals surface area contributed by atoms with E-state index in [1.165, 1.54) is 18.1 Å². The molecule has 0 nitrogen and oxygen atoms in total. The predicted octanol–water partition coefficient (Wildman–Crippen LogP) is 6.14. The summed E-state index contributed by atoms with van der Waals surface area (Å²) in [5.41, 5.74) is 0.